The number of amides is 1. The van der Waals surface area contributed by atoms with Crippen LogP contribution < -0.4 is 10.1 Å². The Balaban J connectivity index is 2.12. The van der Waals surface area contributed by atoms with E-state index in [0.717, 1.165) is 29.0 Å². The average Bonchev–Trinajstić information content (AvgIpc) is 2.60. The lowest BCUT2D eigenvalue weighted by Crippen LogP contribution is -2.34. The van der Waals surface area contributed by atoms with Gasteiger partial charge in [-0.15, -0.1) is 0 Å². The first-order valence-corrected chi connectivity index (χ1v) is 8.32. The Morgan fingerprint density at radius 2 is 1.92 bits per heavy atom. The van der Waals surface area contributed by atoms with Crippen LogP contribution >= 0.6 is 0 Å². The van der Waals surface area contributed by atoms with Crippen molar-refractivity contribution in [1.29, 1.82) is 0 Å². The van der Waals surface area contributed by atoms with Gasteiger partial charge in [0.25, 0.3) is 0 Å². The minimum Gasteiger partial charge on any atom is -0.496 e. The molecule has 0 bridgehead atoms. The molecule has 0 saturated heterocycles. The summed E-state index contributed by atoms with van der Waals surface area (Å²) in [5.74, 6) is 0.627. The summed E-state index contributed by atoms with van der Waals surface area (Å²) in [5.41, 5.74) is 3.10. The number of carbonyl (C=O) groups excluding carboxylic acids is 1. The highest BCUT2D eigenvalue weighted by Gasteiger charge is 2.14. The summed E-state index contributed by atoms with van der Waals surface area (Å²) in [7, 11) is 5.62. The maximum absolute atomic E-state index is 12.4. The van der Waals surface area contributed by atoms with E-state index in [1.54, 1.807) is 19.3 Å². The van der Waals surface area contributed by atoms with Crippen molar-refractivity contribution in [1.82, 2.24) is 10.2 Å². The lowest BCUT2D eigenvalue weighted by molar-refractivity contribution is -0.117. The fourth-order valence-corrected chi connectivity index (χ4v) is 2.65. The molecule has 0 aliphatic carbocycles. The third-order valence-electron chi connectivity index (χ3n) is 3.87. The number of ether oxygens (including phenoxy) is 1. The van der Waals surface area contributed by atoms with E-state index >= 15 is 0 Å². The van der Waals surface area contributed by atoms with Crippen LogP contribution in [-0.2, 0) is 4.79 Å². The van der Waals surface area contributed by atoms with Crippen molar-refractivity contribution in [2.45, 2.75) is 13.0 Å². The predicted molar refractivity (Wildman–Crippen MR) is 103 cm³/mol. The molecule has 0 fully saturated rings. The normalized spacial score (nSPS) is 12.4. The van der Waals surface area contributed by atoms with E-state index in [1.807, 2.05) is 69.6 Å². The van der Waals surface area contributed by atoms with Crippen molar-refractivity contribution < 1.29 is 9.53 Å². The summed E-state index contributed by atoms with van der Waals surface area (Å²) >= 11 is 0. The van der Waals surface area contributed by atoms with Gasteiger partial charge < -0.3 is 15.0 Å². The van der Waals surface area contributed by atoms with E-state index < -0.39 is 0 Å². The van der Waals surface area contributed by atoms with Gasteiger partial charge >= 0.3 is 0 Å². The lowest BCUT2D eigenvalue weighted by Gasteiger charge is -2.22. The highest BCUT2D eigenvalue weighted by atomic mass is 16.5. The molecular weight excluding hydrogens is 312 g/mol. The molecule has 0 radical (unpaired) electrons. The molecule has 0 aromatic heterocycles. The van der Waals surface area contributed by atoms with E-state index in [2.05, 4.69) is 10.2 Å². The van der Waals surface area contributed by atoms with Crippen molar-refractivity contribution in [2.75, 3.05) is 27.7 Å². The second kappa shape index (κ2) is 9.04. The third kappa shape index (κ3) is 5.76. The van der Waals surface area contributed by atoms with E-state index in [1.165, 1.54) is 0 Å². The Morgan fingerprint density at radius 3 is 2.56 bits per heavy atom. The molecule has 1 atom stereocenters. The van der Waals surface area contributed by atoms with Crippen molar-refractivity contribution in [3.63, 3.8) is 0 Å². The Labute approximate surface area is 150 Å². The van der Waals surface area contributed by atoms with E-state index in [9.17, 15) is 4.79 Å². The SMILES string of the molecule is COc1ccc(C)cc1/C=C/C(=O)N[C@@H](CN(C)C)c1ccccc1. The first-order chi connectivity index (χ1) is 12.0. The molecule has 0 spiro atoms. The molecule has 1 amide bonds. The standard InChI is InChI=1S/C21H26N2O2/c1-16-10-12-20(25-4)18(14-16)11-13-21(24)22-19(15-23(2)3)17-8-6-5-7-9-17/h5-14,19H,15H2,1-4H3,(H,22,24)/b13-11+/t19-/m0/s1. The summed E-state index contributed by atoms with van der Waals surface area (Å²) in [6.45, 7) is 2.75. The number of carbonyl (C=O) groups is 1. The molecule has 0 heterocycles. The second-order valence-corrected chi connectivity index (χ2v) is 6.31. The molecule has 25 heavy (non-hydrogen) atoms. The molecule has 4 heteroatoms. The third-order valence-corrected chi connectivity index (χ3v) is 3.87. The number of rotatable bonds is 7. The summed E-state index contributed by atoms with van der Waals surface area (Å²) in [6, 6.07) is 15.8. The number of nitrogens with one attached hydrogen (secondary N) is 1. The molecule has 0 unspecified atom stereocenters. The van der Waals surface area contributed by atoms with Crippen LogP contribution in [0.1, 0.15) is 22.7 Å². The molecule has 1 N–H and O–H groups in total. The Bertz CT molecular complexity index is 724. The zero-order valence-corrected chi connectivity index (χ0v) is 15.3. The molecule has 0 aliphatic heterocycles. The minimum absolute atomic E-state index is 0.0623. The van der Waals surface area contributed by atoms with Gasteiger partial charge in [-0.05, 0) is 44.8 Å². The molecule has 2 rings (SSSR count). The number of nitrogens with zero attached hydrogens (tertiary/aromatic N) is 1. The summed E-state index contributed by atoms with van der Waals surface area (Å²) in [6.07, 6.45) is 3.35. The van der Waals surface area contributed by atoms with Gasteiger partial charge in [0.2, 0.25) is 5.91 Å². The van der Waals surface area contributed by atoms with Crippen molar-refractivity contribution in [2.24, 2.45) is 0 Å². The number of benzene rings is 2. The van der Waals surface area contributed by atoms with Gasteiger partial charge in [0.05, 0.1) is 13.2 Å². The van der Waals surface area contributed by atoms with Crippen molar-refractivity contribution >= 4 is 12.0 Å². The van der Waals surface area contributed by atoms with Gasteiger partial charge in [0, 0.05) is 18.2 Å². The monoisotopic (exact) mass is 338 g/mol. The van der Waals surface area contributed by atoms with Crippen LogP contribution in [0.5, 0.6) is 5.75 Å². The van der Waals surface area contributed by atoms with Crippen LogP contribution in [-0.4, -0.2) is 38.6 Å². The van der Waals surface area contributed by atoms with Crippen molar-refractivity contribution in [3.05, 3.63) is 71.3 Å². The predicted octanol–water partition coefficient (Wildman–Crippen LogP) is 3.44. The molecule has 0 saturated carbocycles. The highest BCUT2D eigenvalue weighted by molar-refractivity contribution is 5.92. The summed E-state index contributed by atoms with van der Waals surface area (Å²) in [5, 5.41) is 3.08. The number of aryl methyl sites for hydroxylation is 1. The minimum atomic E-state index is -0.126. The summed E-state index contributed by atoms with van der Waals surface area (Å²) in [4.78, 5) is 14.5. The van der Waals surface area contributed by atoms with Gasteiger partial charge in [-0.2, -0.15) is 0 Å². The second-order valence-electron chi connectivity index (χ2n) is 6.31. The Hall–Kier alpha value is -2.59. The first-order valence-electron chi connectivity index (χ1n) is 8.32. The van der Waals surface area contributed by atoms with E-state index in [0.29, 0.717) is 0 Å². The van der Waals surface area contributed by atoms with E-state index in [4.69, 9.17) is 4.74 Å². The number of likely N-dealkylation sites (N-methyl/N-ethyl adjacent to an activating group) is 1. The maximum Gasteiger partial charge on any atom is 0.244 e. The Morgan fingerprint density at radius 1 is 1.20 bits per heavy atom. The average molecular weight is 338 g/mol. The van der Waals surface area contributed by atoms with E-state index in [-0.39, 0.29) is 11.9 Å². The largest absolute Gasteiger partial charge is 0.496 e. The van der Waals surface area contributed by atoms with Gasteiger partial charge in [-0.1, -0.05) is 42.0 Å². The smallest absolute Gasteiger partial charge is 0.244 e. The van der Waals surface area contributed by atoms with Gasteiger partial charge in [-0.25, -0.2) is 0 Å². The molecule has 2 aromatic carbocycles. The fraction of sp³-hybridized carbons (Fsp3) is 0.286. The Kier molecular flexibility index (Phi) is 6.78. The van der Waals surface area contributed by atoms with Crippen LogP contribution in [0.4, 0.5) is 0 Å². The quantitative estimate of drug-likeness (QED) is 0.787. The fourth-order valence-electron chi connectivity index (χ4n) is 2.65. The van der Waals surface area contributed by atoms with Crippen molar-refractivity contribution in [3.8, 4) is 5.75 Å². The number of hydrogen-bond donors (Lipinski definition) is 1. The van der Waals surface area contributed by atoms with Crippen LogP contribution in [0.25, 0.3) is 6.08 Å². The molecule has 0 aliphatic rings. The molecular formula is C21H26N2O2. The van der Waals surface area contributed by atoms with Gasteiger partial charge in [0.1, 0.15) is 5.75 Å². The highest BCUT2D eigenvalue weighted by Crippen LogP contribution is 2.21. The molecule has 132 valence electrons. The van der Waals surface area contributed by atoms with Gasteiger partial charge in [-0.3, -0.25) is 4.79 Å². The topological polar surface area (TPSA) is 41.6 Å². The maximum atomic E-state index is 12.4. The van der Waals surface area contributed by atoms with Crippen LogP contribution in [0.15, 0.2) is 54.6 Å². The van der Waals surface area contributed by atoms with Crippen LogP contribution in [0.2, 0.25) is 0 Å². The first kappa shape index (κ1) is 18.7. The zero-order valence-electron chi connectivity index (χ0n) is 15.3. The molecule has 4 nitrogen and oxygen atoms in total. The van der Waals surface area contributed by atoms with Crippen LogP contribution in [0, 0.1) is 6.92 Å². The number of hydrogen-bond acceptors (Lipinski definition) is 3. The molecule has 2 aromatic rings. The summed E-state index contributed by atoms with van der Waals surface area (Å²) < 4.78 is 5.35. The lowest BCUT2D eigenvalue weighted by atomic mass is 10.1. The number of methoxy groups -OCH3 is 1. The van der Waals surface area contributed by atoms with Gasteiger partial charge in [0.15, 0.2) is 0 Å². The van der Waals surface area contributed by atoms with Crippen LogP contribution in [0.3, 0.4) is 0 Å². The zero-order chi connectivity index (χ0) is 18.2.